The Morgan fingerprint density at radius 3 is 2.83 bits per heavy atom. The number of benzene rings is 1. The average Bonchev–Trinajstić information content (AvgIpc) is 2.78. The molecule has 1 saturated carbocycles. The predicted molar refractivity (Wildman–Crippen MR) is 68.4 cm³/mol. The Balaban J connectivity index is 1.90. The minimum atomic E-state index is -0.450. The van der Waals surface area contributed by atoms with Gasteiger partial charge in [0.15, 0.2) is 5.58 Å². The lowest BCUT2D eigenvalue weighted by Gasteiger charge is -2.26. The van der Waals surface area contributed by atoms with Crippen LogP contribution in [0.15, 0.2) is 27.4 Å². The van der Waals surface area contributed by atoms with Crippen LogP contribution in [0.5, 0.6) is 0 Å². The molecule has 4 heteroatoms. The second-order valence-corrected chi connectivity index (χ2v) is 5.11. The summed E-state index contributed by atoms with van der Waals surface area (Å²) in [7, 11) is 0. The number of fused-ring (bicyclic) bond motifs is 1. The molecule has 1 aromatic carbocycles. The molecule has 0 spiro atoms. The molecule has 1 aliphatic carbocycles. The summed E-state index contributed by atoms with van der Waals surface area (Å²) in [6, 6.07) is 5.43. The fraction of sp³-hybridized carbons (Fsp3) is 0.500. The summed E-state index contributed by atoms with van der Waals surface area (Å²) >= 11 is 0. The molecule has 0 aliphatic heterocycles. The molecule has 1 atom stereocenters. The number of aromatic nitrogens is 1. The van der Waals surface area contributed by atoms with Crippen molar-refractivity contribution in [1.82, 2.24) is 4.98 Å². The van der Waals surface area contributed by atoms with Crippen LogP contribution in [-0.4, -0.2) is 10.1 Å². The minimum absolute atomic E-state index is 0.335. The van der Waals surface area contributed by atoms with Crippen LogP contribution in [0.25, 0.3) is 11.1 Å². The summed E-state index contributed by atoms with van der Waals surface area (Å²) in [5, 5.41) is 10.4. The molecule has 1 aliphatic rings. The minimum Gasteiger partial charge on any atom is -0.408 e. The smallest absolute Gasteiger partial charge is 0.408 e. The number of oxazole rings is 1. The van der Waals surface area contributed by atoms with Crippen LogP contribution >= 0.6 is 0 Å². The van der Waals surface area contributed by atoms with Crippen LogP contribution in [0, 0.1) is 5.92 Å². The number of hydrogen-bond donors (Lipinski definition) is 2. The number of aliphatic hydroxyl groups excluding tert-OH is 1. The highest BCUT2D eigenvalue weighted by atomic mass is 16.4. The molecule has 2 N–H and O–H groups in total. The summed E-state index contributed by atoms with van der Waals surface area (Å²) in [4.78, 5) is 13.7. The van der Waals surface area contributed by atoms with E-state index in [0.29, 0.717) is 17.0 Å². The van der Waals surface area contributed by atoms with Crippen LogP contribution in [-0.2, 0) is 0 Å². The summed E-state index contributed by atoms with van der Waals surface area (Å²) < 4.78 is 5.02. The van der Waals surface area contributed by atoms with Crippen molar-refractivity contribution in [3.8, 4) is 0 Å². The van der Waals surface area contributed by atoms with Crippen LogP contribution in [0.3, 0.4) is 0 Å². The van der Waals surface area contributed by atoms with Gasteiger partial charge in [-0.2, -0.15) is 0 Å². The van der Waals surface area contributed by atoms with E-state index < -0.39 is 11.9 Å². The van der Waals surface area contributed by atoms with E-state index in [0.717, 1.165) is 18.4 Å². The highest BCUT2D eigenvalue weighted by molar-refractivity contribution is 5.72. The van der Waals surface area contributed by atoms with Crippen molar-refractivity contribution in [2.24, 2.45) is 5.92 Å². The van der Waals surface area contributed by atoms with Crippen LogP contribution in [0.2, 0.25) is 0 Å². The van der Waals surface area contributed by atoms with Gasteiger partial charge in [-0.1, -0.05) is 25.3 Å². The standard InChI is InChI=1S/C14H17NO3/c16-13(9-4-2-1-3-5-9)10-6-7-11-12(8-10)18-14(17)15-11/h6-9,13,16H,1-5H2,(H,15,17). The zero-order valence-electron chi connectivity index (χ0n) is 10.2. The molecule has 0 amide bonds. The molecule has 3 rings (SSSR count). The number of aliphatic hydroxyl groups is 1. The first kappa shape index (κ1) is 11.5. The topological polar surface area (TPSA) is 66.2 Å². The Morgan fingerprint density at radius 1 is 1.28 bits per heavy atom. The SMILES string of the molecule is O=c1[nH]c2ccc(C(O)C3CCCCC3)cc2o1. The fourth-order valence-electron chi connectivity index (χ4n) is 2.87. The van der Waals surface area contributed by atoms with E-state index in [-0.39, 0.29) is 0 Å². The molecule has 18 heavy (non-hydrogen) atoms. The summed E-state index contributed by atoms with van der Waals surface area (Å²) in [5.74, 6) is -0.115. The van der Waals surface area contributed by atoms with Crippen molar-refractivity contribution < 1.29 is 9.52 Å². The van der Waals surface area contributed by atoms with Crippen molar-refractivity contribution in [2.75, 3.05) is 0 Å². The van der Waals surface area contributed by atoms with Gasteiger partial charge in [0.2, 0.25) is 0 Å². The molecule has 2 aromatic rings. The number of rotatable bonds is 2. The molecule has 1 heterocycles. The number of nitrogens with one attached hydrogen (secondary N) is 1. The quantitative estimate of drug-likeness (QED) is 0.857. The monoisotopic (exact) mass is 247 g/mol. The van der Waals surface area contributed by atoms with Gasteiger partial charge in [-0.3, -0.25) is 4.98 Å². The summed E-state index contributed by atoms with van der Waals surface area (Å²) in [6.45, 7) is 0. The molecule has 0 saturated heterocycles. The zero-order chi connectivity index (χ0) is 12.5. The number of hydrogen-bond acceptors (Lipinski definition) is 3. The Hall–Kier alpha value is -1.55. The van der Waals surface area contributed by atoms with Crippen LogP contribution < -0.4 is 5.76 Å². The van der Waals surface area contributed by atoms with E-state index in [1.54, 1.807) is 12.1 Å². The molecule has 1 aromatic heterocycles. The van der Waals surface area contributed by atoms with Crippen molar-refractivity contribution in [1.29, 1.82) is 0 Å². The highest BCUT2D eigenvalue weighted by Crippen LogP contribution is 2.34. The first-order valence-corrected chi connectivity index (χ1v) is 6.55. The molecule has 96 valence electrons. The van der Waals surface area contributed by atoms with Gasteiger partial charge >= 0.3 is 5.76 Å². The molecule has 4 nitrogen and oxygen atoms in total. The molecule has 1 unspecified atom stereocenters. The van der Waals surface area contributed by atoms with E-state index in [9.17, 15) is 9.90 Å². The number of H-pyrrole nitrogens is 1. The average molecular weight is 247 g/mol. The second-order valence-electron chi connectivity index (χ2n) is 5.11. The van der Waals surface area contributed by atoms with E-state index in [2.05, 4.69) is 4.98 Å². The van der Waals surface area contributed by atoms with Gasteiger partial charge in [-0.25, -0.2) is 4.79 Å². The molecular formula is C14H17NO3. The van der Waals surface area contributed by atoms with Crippen molar-refractivity contribution in [3.63, 3.8) is 0 Å². The maximum Gasteiger partial charge on any atom is 0.417 e. The van der Waals surface area contributed by atoms with E-state index in [1.165, 1.54) is 19.3 Å². The maximum atomic E-state index is 11.1. The number of aromatic amines is 1. The molecule has 0 radical (unpaired) electrons. The van der Waals surface area contributed by atoms with Crippen molar-refractivity contribution in [2.45, 2.75) is 38.2 Å². The maximum absolute atomic E-state index is 11.1. The second kappa shape index (κ2) is 4.61. The molecule has 1 fully saturated rings. The lowest BCUT2D eigenvalue weighted by Crippen LogP contribution is -2.15. The zero-order valence-corrected chi connectivity index (χ0v) is 10.2. The third-order valence-corrected chi connectivity index (χ3v) is 3.88. The van der Waals surface area contributed by atoms with Crippen molar-refractivity contribution >= 4 is 11.1 Å². The van der Waals surface area contributed by atoms with E-state index in [1.807, 2.05) is 6.07 Å². The predicted octanol–water partition coefficient (Wildman–Crippen LogP) is 2.73. The van der Waals surface area contributed by atoms with Gasteiger partial charge in [0.1, 0.15) is 0 Å². The third kappa shape index (κ3) is 2.08. The molecular weight excluding hydrogens is 230 g/mol. The Kier molecular flexibility index (Phi) is 2.96. The van der Waals surface area contributed by atoms with Gasteiger partial charge in [-0.05, 0) is 36.5 Å². The Bertz CT molecular complexity index is 592. The van der Waals surface area contributed by atoms with Gasteiger partial charge in [0, 0.05) is 0 Å². The molecule has 0 bridgehead atoms. The largest absolute Gasteiger partial charge is 0.417 e. The first-order chi connectivity index (χ1) is 8.74. The van der Waals surface area contributed by atoms with Gasteiger partial charge < -0.3 is 9.52 Å². The fourth-order valence-corrected chi connectivity index (χ4v) is 2.87. The summed E-state index contributed by atoms with van der Waals surface area (Å²) in [5.41, 5.74) is 2.05. The highest BCUT2D eigenvalue weighted by Gasteiger charge is 2.23. The normalized spacial score (nSPS) is 19.2. The van der Waals surface area contributed by atoms with Gasteiger partial charge in [0.05, 0.1) is 11.6 Å². The Morgan fingerprint density at radius 2 is 2.06 bits per heavy atom. The van der Waals surface area contributed by atoms with E-state index >= 15 is 0 Å². The summed E-state index contributed by atoms with van der Waals surface area (Å²) in [6.07, 6.45) is 5.38. The first-order valence-electron chi connectivity index (χ1n) is 6.55. The lowest BCUT2D eigenvalue weighted by atomic mass is 9.83. The Labute approximate surface area is 105 Å². The van der Waals surface area contributed by atoms with E-state index in [4.69, 9.17) is 4.42 Å². The van der Waals surface area contributed by atoms with Gasteiger partial charge in [-0.15, -0.1) is 0 Å². The van der Waals surface area contributed by atoms with Gasteiger partial charge in [0.25, 0.3) is 0 Å². The third-order valence-electron chi connectivity index (χ3n) is 3.88. The van der Waals surface area contributed by atoms with Crippen LogP contribution in [0.1, 0.15) is 43.8 Å². The van der Waals surface area contributed by atoms with Crippen molar-refractivity contribution in [3.05, 3.63) is 34.3 Å². The van der Waals surface area contributed by atoms with Crippen LogP contribution in [0.4, 0.5) is 0 Å². The lowest BCUT2D eigenvalue weighted by molar-refractivity contribution is 0.0849.